The number of hydrogen-bond donors (Lipinski definition) is 1. The molecule has 5 nitrogen and oxygen atoms in total. The fourth-order valence-corrected chi connectivity index (χ4v) is 4.02. The van der Waals surface area contributed by atoms with E-state index in [4.69, 9.17) is 21.1 Å². The van der Waals surface area contributed by atoms with Gasteiger partial charge in [-0.1, -0.05) is 35.9 Å². The molecule has 1 aliphatic rings. The third kappa shape index (κ3) is 4.16. The van der Waals surface area contributed by atoms with Gasteiger partial charge in [-0.15, -0.1) is 0 Å². The minimum absolute atomic E-state index is 0.0221. The van der Waals surface area contributed by atoms with Crippen LogP contribution in [0.5, 0.6) is 0 Å². The zero-order valence-corrected chi connectivity index (χ0v) is 18.7. The van der Waals surface area contributed by atoms with E-state index in [0.717, 1.165) is 18.2 Å². The molecule has 0 aromatic heterocycles. The van der Waals surface area contributed by atoms with Crippen LogP contribution in [0.3, 0.4) is 0 Å². The first-order valence-electron chi connectivity index (χ1n) is 10.0. The Morgan fingerprint density at radius 2 is 1.56 bits per heavy atom. The molecular formula is C23H23ClF3NO4. The molecule has 0 radical (unpaired) electrons. The van der Waals surface area contributed by atoms with Gasteiger partial charge in [0, 0.05) is 16.3 Å². The van der Waals surface area contributed by atoms with Crippen LogP contribution in [0.1, 0.15) is 50.4 Å². The SMILES string of the molecule is CC(C)OC(=O)C1(C(=O)OC(C)C)c2ccc(C(F)(F)F)cc2N[C@@H]1c1ccccc1Cl. The van der Waals surface area contributed by atoms with E-state index in [1.807, 2.05) is 0 Å². The lowest BCUT2D eigenvalue weighted by Crippen LogP contribution is -2.50. The number of anilines is 1. The van der Waals surface area contributed by atoms with Gasteiger partial charge in [-0.2, -0.15) is 13.2 Å². The number of alkyl halides is 3. The molecule has 0 unspecified atom stereocenters. The summed E-state index contributed by atoms with van der Waals surface area (Å²) in [6, 6.07) is 8.14. The van der Waals surface area contributed by atoms with Gasteiger partial charge in [0.2, 0.25) is 5.41 Å². The predicted molar refractivity (Wildman–Crippen MR) is 113 cm³/mol. The molecule has 0 aliphatic carbocycles. The van der Waals surface area contributed by atoms with Crippen LogP contribution in [0.15, 0.2) is 42.5 Å². The summed E-state index contributed by atoms with van der Waals surface area (Å²) >= 11 is 6.37. The fraction of sp³-hybridized carbons (Fsp3) is 0.391. The second-order valence-corrected chi connectivity index (χ2v) is 8.48. The van der Waals surface area contributed by atoms with Gasteiger partial charge in [0.25, 0.3) is 0 Å². The first-order chi connectivity index (χ1) is 14.9. The maximum absolute atomic E-state index is 13.5. The summed E-state index contributed by atoms with van der Waals surface area (Å²) in [6.07, 6.45) is -5.79. The summed E-state index contributed by atoms with van der Waals surface area (Å²) in [5, 5.41) is 3.15. The quantitative estimate of drug-likeness (QED) is 0.451. The number of fused-ring (bicyclic) bond motifs is 1. The molecule has 0 amide bonds. The normalized spacial score (nSPS) is 17.1. The van der Waals surface area contributed by atoms with E-state index in [0.29, 0.717) is 5.56 Å². The van der Waals surface area contributed by atoms with Crippen molar-refractivity contribution in [2.45, 2.75) is 57.5 Å². The Morgan fingerprint density at radius 1 is 1.00 bits per heavy atom. The molecule has 0 fully saturated rings. The van der Waals surface area contributed by atoms with Crippen LogP contribution < -0.4 is 5.32 Å². The molecule has 0 bridgehead atoms. The maximum Gasteiger partial charge on any atom is 0.416 e. The first-order valence-corrected chi connectivity index (χ1v) is 10.4. The monoisotopic (exact) mass is 469 g/mol. The zero-order valence-electron chi connectivity index (χ0n) is 17.9. The van der Waals surface area contributed by atoms with Gasteiger partial charge in [-0.3, -0.25) is 9.59 Å². The number of hydrogen-bond acceptors (Lipinski definition) is 5. The lowest BCUT2D eigenvalue weighted by Gasteiger charge is -2.33. The Balaban J connectivity index is 2.32. The van der Waals surface area contributed by atoms with Crippen LogP contribution in [0.25, 0.3) is 0 Å². The van der Waals surface area contributed by atoms with Gasteiger partial charge in [0.15, 0.2) is 0 Å². The molecule has 2 aromatic rings. The number of rotatable bonds is 5. The molecule has 9 heteroatoms. The summed E-state index contributed by atoms with van der Waals surface area (Å²) in [5.41, 5.74) is -2.66. The van der Waals surface area contributed by atoms with Crippen molar-refractivity contribution in [3.63, 3.8) is 0 Å². The third-order valence-corrected chi connectivity index (χ3v) is 5.39. The maximum atomic E-state index is 13.5. The van der Waals surface area contributed by atoms with Gasteiger partial charge in [-0.05, 0) is 51.5 Å². The van der Waals surface area contributed by atoms with Gasteiger partial charge >= 0.3 is 18.1 Å². The second kappa shape index (κ2) is 8.65. The van der Waals surface area contributed by atoms with Crippen molar-refractivity contribution in [3.8, 4) is 0 Å². The van der Waals surface area contributed by atoms with Crippen LogP contribution in [0, 0.1) is 0 Å². The van der Waals surface area contributed by atoms with Crippen molar-refractivity contribution >= 4 is 29.2 Å². The highest BCUT2D eigenvalue weighted by molar-refractivity contribution is 6.31. The third-order valence-electron chi connectivity index (χ3n) is 5.05. The molecule has 3 rings (SSSR count). The van der Waals surface area contributed by atoms with E-state index in [-0.39, 0.29) is 16.3 Å². The average Bonchev–Trinajstić information content (AvgIpc) is 3.01. The summed E-state index contributed by atoms with van der Waals surface area (Å²) < 4.78 is 51.0. The van der Waals surface area contributed by atoms with Crippen molar-refractivity contribution in [1.82, 2.24) is 0 Å². The summed E-state index contributed by atoms with van der Waals surface area (Å²) in [7, 11) is 0. The number of halogens is 4. The molecule has 1 N–H and O–H groups in total. The van der Waals surface area contributed by atoms with E-state index in [2.05, 4.69) is 5.32 Å². The molecule has 1 aliphatic heterocycles. The largest absolute Gasteiger partial charge is 0.462 e. The van der Waals surface area contributed by atoms with Crippen LogP contribution in [0.2, 0.25) is 5.02 Å². The van der Waals surface area contributed by atoms with Gasteiger partial charge in [-0.25, -0.2) is 0 Å². The molecule has 2 aromatic carbocycles. The number of carbonyl (C=O) groups is 2. The Labute approximate surface area is 188 Å². The number of benzene rings is 2. The fourth-order valence-electron chi connectivity index (χ4n) is 3.78. The van der Waals surface area contributed by atoms with Crippen molar-refractivity contribution in [2.24, 2.45) is 0 Å². The molecule has 1 heterocycles. The van der Waals surface area contributed by atoms with Crippen molar-refractivity contribution in [3.05, 3.63) is 64.2 Å². The predicted octanol–water partition coefficient (Wildman–Crippen LogP) is 5.67. The molecule has 0 spiro atoms. The highest BCUT2D eigenvalue weighted by Crippen LogP contribution is 2.53. The number of nitrogens with one attached hydrogen (secondary N) is 1. The molecular weight excluding hydrogens is 447 g/mol. The molecule has 0 saturated carbocycles. The molecule has 172 valence electrons. The minimum Gasteiger partial charge on any atom is -0.462 e. The lowest BCUT2D eigenvalue weighted by molar-refractivity contribution is -0.170. The van der Waals surface area contributed by atoms with Crippen molar-refractivity contribution in [1.29, 1.82) is 0 Å². The van der Waals surface area contributed by atoms with Gasteiger partial charge < -0.3 is 14.8 Å². The zero-order chi connectivity index (χ0) is 23.8. The van der Waals surface area contributed by atoms with Crippen LogP contribution in [-0.2, 0) is 30.7 Å². The Bertz CT molecular complexity index is 1010. The number of carbonyl (C=O) groups excluding carboxylic acids is 2. The summed E-state index contributed by atoms with van der Waals surface area (Å²) in [5.74, 6) is -1.87. The van der Waals surface area contributed by atoms with E-state index < -0.39 is 47.3 Å². The van der Waals surface area contributed by atoms with Crippen LogP contribution >= 0.6 is 11.6 Å². The smallest absolute Gasteiger partial charge is 0.416 e. The Hall–Kier alpha value is -2.74. The van der Waals surface area contributed by atoms with E-state index >= 15 is 0 Å². The average molecular weight is 470 g/mol. The number of esters is 2. The van der Waals surface area contributed by atoms with E-state index in [1.54, 1.807) is 52.0 Å². The second-order valence-electron chi connectivity index (χ2n) is 8.07. The van der Waals surface area contributed by atoms with Gasteiger partial charge in [0.1, 0.15) is 0 Å². The molecule has 32 heavy (non-hydrogen) atoms. The highest BCUT2D eigenvalue weighted by Gasteiger charge is 2.62. The molecule has 0 saturated heterocycles. The molecule has 1 atom stereocenters. The van der Waals surface area contributed by atoms with Crippen molar-refractivity contribution < 1.29 is 32.2 Å². The first kappa shape index (κ1) is 23.9. The lowest BCUT2D eigenvalue weighted by atomic mass is 9.73. The standard InChI is InChI=1S/C23H23ClF3NO4/c1-12(2)31-20(29)22(21(30)32-13(3)4)16-10-9-14(23(25,26)27)11-18(16)28-19(22)15-7-5-6-8-17(15)24/h5-13,19,28H,1-4H3/t19-/m1/s1. The summed E-state index contributed by atoms with van der Waals surface area (Å²) in [4.78, 5) is 27.0. The van der Waals surface area contributed by atoms with Crippen LogP contribution in [0.4, 0.5) is 18.9 Å². The Kier molecular flexibility index (Phi) is 6.47. The minimum atomic E-state index is -4.61. The van der Waals surface area contributed by atoms with E-state index in [9.17, 15) is 22.8 Å². The van der Waals surface area contributed by atoms with Gasteiger partial charge in [0.05, 0.1) is 23.8 Å². The number of ether oxygens (including phenoxy) is 2. The summed E-state index contributed by atoms with van der Waals surface area (Å²) in [6.45, 7) is 6.44. The Morgan fingerprint density at radius 3 is 2.06 bits per heavy atom. The van der Waals surface area contributed by atoms with E-state index in [1.165, 1.54) is 0 Å². The highest BCUT2D eigenvalue weighted by atomic mass is 35.5. The topological polar surface area (TPSA) is 64.6 Å². The van der Waals surface area contributed by atoms with Crippen molar-refractivity contribution in [2.75, 3.05) is 5.32 Å². The van der Waals surface area contributed by atoms with Crippen LogP contribution in [-0.4, -0.2) is 24.1 Å².